The molecule has 0 amide bonds. The zero-order valence-corrected chi connectivity index (χ0v) is 27.7. The van der Waals surface area contributed by atoms with Crippen LogP contribution in [-0.4, -0.2) is 64.6 Å². The van der Waals surface area contributed by atoms with Crippen molar-refractivity contribution in [2.45, 2.75) is 43.3 Å². The Balaban J connectivity index is 1.29. The second kappa shape index (κ2) is 13.2. The Morgan fingerprint density at radius 3 is 2.22 bits per heavy atom. The highest BCUT2D eigenvalue weighted by Gasteiger charge is 2.40. The molecule has 2 N–H and O–H groups in total. The Bertz CT molecular complexity index is 2090. The van der Waals surface area contributed by atoms with Gasteiger partial charge in [0.2, 0.25) is 5.95 Å². The molecule has 0 radical (unpaired) electrons. The number of pyridine rings is 1. The lowest BCUT2D eigenvalue weighted by Gasteiger charge is -2.37. The summed E-state index contributed by atoms with van der Waals surface area (Å²) in [6.45, 7) is 3.41. The van der Waals surface area contributed by atoms with Gasteiger partial charge in [0.25, 0.3) is 5.56 Å². The van der Waals surface area contributed by atoms with Gasteiger partial charge in [-0.15, -0.1) is 0 Å². The zero-order valence-electron chi connectivity index (χ0n) is 27.7. The number of rotatable bonds is 8. The molecule has 0 bridgehead atoms. The number of fused-ring (bicyclic) bond motifs is 2. The highest BCUT2D eigenvalue weighted by molar-refractivity contribution is 5.97. The average molecular weight is 656 g/mol. The molecule has 9 nitrogen and oxygen atoms in total. The number of nitrogens with one attached hydrogen (secondary N) is 1. The van der Waals surface area contributed by atoms with E-state index in [9.17, 15) is 9.90 Å². The molecule has 8 rings (SSSR count). The Labute approximate surface area is 285 Å². The number of benzene rings is 3. The molecular formula is C40H41N5O4. The van der Waals surface area contributed by atoms with Crippen molar-refractivity contribution in [2.75, 3.05) is 37.7 Å². The van der Waals surface area contributed by atoms with Gasteiger partial charge in [-0.3, -0.25) is 4.79 Å². The van der Waals surface area contributed by atoms with Gasteiger partial charge in [-0.25, -0.2) is 9.97 Å². The summed E-state index contributed by atoms with van der Waals surface area (Å²) < 4.78 is 13.7. The van der Waals surface area contributed by atoms with Crippen LogP contribution in [-0.2, 0) is 17.2 Å². The van der Waals surface area contributed by atoms with Crippen LogP contribution in [0.5, 0.6) is 0 Å². The molecule has 2 fully saturated rings. The molecular weight excluding hydrogens is 614 g/mol. The van der Waals surface area contributed by atoms with E-state index in [4.69, 9.17) is 19.1 Å². The topological polar surface area (TPSA) is 106 Å². The van der Waals surface area contributed by atoms with Gasteiger partial charge in [-0.1, -0.05) is 66.7 Å². The maximum absolute atomic E-state index is 12.8. The molecule has 2 saturated heterocycles. The highest BCUT2D eigenvalue weighted by atomic mass is 16.5. The third kappa shape index (κ3) is 5.71. The van der Waals surface area contributed by atoms with Crippen molar-refractivity contribution in [2.24, 2.45) is 7.05 Å². The van der Waals surface area contributed by atoms with Gasteiger partial charge in [-0.05, 0) is 73.7 Å². The molecule has 2 aliphatic heterocycles. The molecule has 2 aliphatic rings. The molecule has 6 aromatic rings. The molecule has 5 heterocycles. The molecule has 0 atom stereocenters. The number of hydrogen-bond donors (Lipinski definition) is 2. The summed E-state index contributed by atoms with van der Waals surface area (Å²) >= 11 is 0. The minimum Gasteiger partial charge on any atom is -0.458 e. The van der Waals surface area contributed by atoms with Crippen molar-refractivity contribution in [3.8, 4) is 11.1 Å². The summed E-state index contributed by atoms with van der Waals surface area (Å²) in [5, 5.41) is 16.6. The van der Waals surface area contributed by atoms with Gasteiger partial charge in [-0.2, -0.15) is 0 Å². The first-order valence-corrected chi connectivity index (χ1v) is 17.3. The second-order valence-corrected chi connectivity index (χ2v) is 13.3. The van der Waals surface area contributed by atoms with E-state index in [-0.39, 0.29) is 18.3 Å². The lowest BCUT2D eigenvalue weighted by atomic mass is 9.71. The molecule has 0 spiro atoms. The van der Waals surface area contributed by atoms with Crippen molar-refractivity contribution in [1.29, 1.82) is 0 Å². The molecule has 0 unspecified atom stereocenters. The number of nitrogens with zero attached hydrogens (tertiary/aromatic N) is 4. The van der Waals surface area contributed by atoms with E-state index in [1.165, 1.54) is 0 Å². The lowest BCUT2D eigenvalue weighted by Crippen LogP contribution is -2.42. The number of aryl methyl sites for hydroxylation is 1. The van der Waals surface area contributed by atoms with Gasteiger partial charge in [0.1, 0.15) is 0 Å². The number of aromatic nitrogens is 3. The van der Waals surface area contributed by atoms with Crippen LogP contribution in [0.1, 0.15) is 42.5 Å². The maximum Gasteiger partial charge on any atom is 0.293 e. The monoisotopic (exact) mass is 655 g/mol. The molecule has 250 valence electrons. The summed E-state index contributed by atoms with van der Waals surface area (Å²) in [6, 6.07) is 28.2. The Kier molecular flexibility index (Phi) is 8.49. The normalized spacial score (nSPS) is 16.5. The van der Waals surface area contributed by atoms with E-state index in [1.807, 2.05) is 60.8 Å². The van der Waals surface area contributed by atoms with Crippen LogP contribution in [0.2, 0.25) is 0 Å². The van der Waals surface area contributed by atoms with E-state index < -0.39 is 5.41 Å². The van der Waals surface area contributed by atoms with Crippen molar-refractivity contribution in [3.05, 3.63) is 125 Å². The first-order valence-electron chi connectivity index (χ1n) is 17.3. The second-order valence-electron chi connectivity index (χ2n) is 13.3. The van der Waals surface area contributed by atoms with Crippen molar-refractivity contribution < 1.29 is 14.3 Å². The predicted octanol–water partition coefficient (Wildman–Crippen LogP) is 5.81. The fourth-order valence-corrected chi connectivity index (χ4v) is 7.69. The Morgan fingerprint density at radius 2 is 1.55 bits per heavy atom. The van der Waals surface area contributed by atoms with Crippen molar-refractivity contribution in [1.82, 2.24) is 19.9 Å². The Hall–Kier alpha value is -4.83. The SMILES string of the molecule is Cn1cc(-c2ccc3nc(N4CCC(OC5CCNCC5)CC4)nc(C(CO)(c4ccccc4)c4ccccc4)c3c2)c2ccoc2c1=O. The standard InChI is InChI=1S/C40H41N5O4/c1-44-25-34(32-18-23-48-36(32)38(44)47)27-12-13-35-33(24-27)37(40(26-46,28-8-4-2-5-9-28)29-10-6-3-7-11-29)43-39(42-35)45-21-16-31(17-22-45)49-30-14-19-41-20-15-30/h2-13,18,23-25,30-31,41,46H,14-17,19-22,26H2,1H3. The third-order valence-electron chi connectivity index (χ3n) is 10.4. The van der Waals surface area contributed by atoms with Crippen LogP contribution >= 0.6 is 0 Å². The van der Waals surface area contributed by atoms with E-state index >= 15 is 0 Å². The third-order valence-corrected chi connectivity index (χ3v) is 10.4. The number of piperidine rings is 2. The van der Waals surface area contributed by atoms with E-state index in [2.05, 4.69) is 40.5 Å². The summed E-state index contributed by atoms with van der Waals surface area (Å²) in [5.74, 6) is 0.652. The number of ether oxygens (including phenoxy) is 1. The number of aliphatic hydroxyl groups excluding tert-OH is 1. The average Bonchev–Trinajstić information content (AvgIpc) is 3.66. The van der Waals surface area contributed by atoms with E-state index in [0.29, 0.717) is 17.6 Å². The zero-order chi connectivity index (χ0) is 33.4. The van der Waals surface area contributed by atoms with Gasteiger partial charge in [0.05, 0.1) is 41.7 Å². The van der Waals surface area contributed by atoms with E-state index in [1.54, 1.807) is 17.9 Å². The van der Waals surface area contributed by atoms with Gasteiger partial charge >= 0.3 is 0 Å². The van der Waals surface area contributed by atoms with Gasteiger partial charge in [0, 0.05) is 42.7 Å². The fraction of sp³-hybridized carbons (Fsp3) is 0.325. The van der Waals surface area contributed by atoms with Crippen LogP contribution < -0.4 is 15.8 Å². The first-order chi connectivity index (χ1) is 24.0. The minimum absolute atomic E-state index is 0.185. The predicted molar refractivity (Wildman–Crippen MR) is 192 cm³/mol. The largest absolute Gasteiger partial charge is 0.458 e. The lowest BCUT2D eigenvalue weighted by molar-refractivity contribution is -0.0364. The fourth-order valence-electron chi connectivity index (χ4n) is 7.69. The molecule has 3 aromatic carbocycles. The minimum atomic E-state index is -0.984. The van der Waals surface area contributed by atoms with Gasteiger partial charge in [0.15, 0.2) is 5.58 Å². The molecule has 0 aliphatic carbocycles. The van der Waals surface area contributed by atoms with Crippen LogP contribution in [0.3, 0.4) is 0 Å². The number of anilines is 1. The summed E-state index contributed by atoms with van der Waals surface area (Å²) in [6.07, 6.45) is 7.91. The smallest absolute Gasteiger partial charge is 0.293 e. The van der Waals surface area contributed by atoms with Gasteiger partial charge < -0.3 is 29.0 Å². The molecule has 0 saturated carbocycles. The summed E-state index contributed by atoms with van der Waals surface area (Å²) in [7, 11) is 1.73. The van der Waals surface area contributed by atoms with Crippen LogP contribution in [0.4, 0.5) is 5.95 Å². The highest BCUT2D eigenvalue weighted by Crippen LogP contribution is 2.43. The first kappa shape index (κ1) is 31.4. The molecule has 3 aromatic heterocycles. The van der Waals surface area contributed by atoms with Crippen LogP contribution in [0.15, 0.2) is 107 Å². The summed E-state index contributed by atoms with van der Waals surface area (Å²) in [5.41, 5.74) is 4.31. The Morgan fingerprint density at radius 1 is 0.878 bits per heavy atom. The number of furan rings is 1. The van der Waals surface area contributed by atoms with E-state index in [0.717, 1.165) is 96.1 Å². The van der Waals surface area contributed by atoms with Crippen LogP contribution in [0, 0.1) is 0 Å². The molecule has 49 heavy (non-hydrogen) atoms. The maximum atomic E-state index is 12.8. The summed E-state index contributed by atoms with van der Waals surface area (Å²) in [4.78, 5) is 25.7. The van der Waals surface area contributed by atoms with Crippen molar-refractivity contribution >= 4 is 27.8 Å². The number of aliphatic hydroxyl groups is 1. The quantitative estimate of drug-likeness (QED) is 0.212. The van der Waals surface area contributed by atoms with Crippen molar-refractivity contribution in [3.63, 3.8) is 0 Å². The molecule has 9 heteroatoms. The van der Waals surface area contributed by atoms with Crippen LogP contribution in [0.25, 0.3) is 33.0 Å². The number of hydrogen-bond acceptors (Lipinski definition) is 8.